The molecule has 0 saturated carbocycles. The molecule has 62 heavy (non-hydrogen) atoms. The fraction of sp³-hybridized carbons (Fsp3) is 0.250. The van der Waals surface area contributed by atoms with Gasteiger partial charge in [-0.2, -0.15) is 18.6 Å². The van der Waals surface area contributed by atoms with Crippen molar-refractivity contribution in [3.63, 3.8) is 0 Å². The van der Waals surface area contributed by atoms with E-state index in [9.17, 15) is 26.4 Å². The van der Waals surface area contributed by atoms with Crippen LogP contribution in [0.3, 0.4) is 0 Å². The Morgan fingerprint density at radius 3 is 1.29 bits per heavy atom. The van der Waals surface area contributed by atoms with Crippen LogP contribution >= 0.6 is 0 Å². The van der Waals surface area contributed by atoms with E-state index in [2.05, 4.69) is 30.2 Å². The molecule has 2 aliphatic rings. The van der Waals surface area contributed by atoms with Gasteiger partial charge in [0, 0.05) is 65.2 Å². The summed E-state index contributed by atoms with van der Waals surface area (Å²) < 4.78 is 75.5. The number of nitrogens with one attached hydrogen (secondary N) is 2. The van der Waals surface area contributed by atoms with Gasteiger partial charge in [0.05, 0.1) is 20.8 Å². The Morgan fingerprint density at radius 1 is 0.516 bits per heavy atom. The van der Waals surface area contributed by atoms with E-state index in [-0.39, 0.29) is 36.0 Å². The van der Waals surface area contributed by atoms with Crippen LogP contribution in [0.25, 0.3) is 22.2 Å². The minimum Gasteiger partial charge on any atom is -0.408 e. The van der Waals surface area contributed by atoms with Crippen LogP contribution in [0.15, 0.2) is 134 Å². The van der Waals surface area contributed by atoms with Crippen LogP contribution in [0.5, 0.6) is 0 Å². The molecule has 0 spiro atoms. The van der Waals surface area contributed by atoms with Gasteiger partial charge in [-0.1, -0.05) is 71.0 Å². The van der Waals surface area contributed by atoms with E-state index in [1.165, 1.54) is 45.0 Å². The second-order valence-electron chi connectivity index (χ2n) is 14.4. The number of anilines is 2. The van der Waals surface area contributed by atoms with Crippen molar-refractivity contribution in [1.29, 1.82) is 0 Å². The van der Waals surface area contributed by atoms with Crippen LogP contribution in [-0.2, 0) is 32.9 Å². The number of H-pyrrole nitrogens is 2. The Hall–Kier alpha value is -6.88. The van der Waals surface area contributed by atoms with Gasteiger partial charge in [0.2, 0.25) is 20.0 Å². The molecule has 4 aromatic heterocycles. The lowest BCUT2D eigenvalue weighted by Crippen LogP contribution is -2.48. The topological polar surface area (TPSA) is 251 Å². The third-order valence-corrected chi connectivity index (χ3v) is 14.2. The number of aromatic nitrogens is 6. The number of benzene rings is 4. The zero-order valence-electron chi connectivity index (χ0n) is 32.8. The van der Waals surface area contributed by atoms with Crippen molar-refractivity contribution in [1.82, 2.24) is 38.9 Å². The molecule has 2 N–H and O–H groups in total. The summed E-state index contributed by atoms with van der Waals surface area (Å²) in [6.45, 7) is 2.82. The fourth-order valence-corrected chi connectivity index (χ4v) is 10.1. The number of nitrogens with zero attached hydrogens (tertiary/aromatic N) is 8. The van der Waals surface area contributed by atoms with Crippen molar-refractivity contribution in [2.24, 2.45) is 0 Å². The molecule has 320 valence electrons. The number of hydrogen-bond donors (Lipinski definition) is 2. The van der Waals surface area contributed by atoms with E-state index in [1.54, 1.807) is 0 Å². The third-order valence-electron chi connectivity index (χ3n) is 10.4. The number of hydrogen-bond acceptors (Lipinski definition) is 16. The van der Waals surface area contributed by atoms with E-state index >= 15 is 0 Å². The SMILES string of the molecule is O=c1[nH]c2cc(S(=O)(=O)N3CCN(c4nc(Cc5ccccc5)no4)CC3)ccc2o1.O=c1[nH]c2cc(S(=O)(=O)N3CCN(c4nc(Cc5ccccc5)no4)CC3)ccc2o1. The van der Waals surface area contributed by atoms with Crippen molar-refractivity contribution in [2.75, 3.05) is 62.2 Å². The Bertz CT molecular complexity index is 2950. The molecule has 10 rings (SSSR count). The molecule has 8 aromatic rings. The van der Waals surface area contributed by atoms with Crippen molar-refractivity contribution in [2.45, 2.75) is 22.6 Å². The zero-order valence-corrected chi connectivity index (χ0v) is 34.4. The molecule has 2 aliphatic heterocycles. The molecule has 2 fully saturated rings. The van der Waals surface area contributed by atoms with Crippen LogP contribution in [0.1, 0.15) is 22.8 Å². The largest absolute Gasteiger partial charge is 0.417 e. The van der Waals surface area contributed by atoms with E-state index in [1.807, 2.05) is 70.5 Å². The van der Waals surface area contributed by atoms with Crippen LogP contribution in [0.4, 0.5) is 12.0 Å². The molecule has 2 saturated heterocycles. The molecule has 0 aliphatic carbocycles. The van der Waals surface area contributed by atoms with Gasteiger partial charge in [-0.05, 0) is 47.5 Å². The lowest BCUT2D eigenvalue weighted by molar-refractivity contribution is 0.353. The second kappa shape index (κ2) is 16.9. The van der Waals surface area contributed by atoms with Gasteiger partial charge in [0.1, 0.15) is 0 Å². The molecule has 0 atom stereocenters. The van der Waals surface area contributed by atoms with Gasteiger partial charge in [-0.25, -0.2) is 26.4 Å². The van der Waals surface area contributed by atoms with Crippen molar-refractivity contribution in [3.8, 4) is 0 Å². The highest BCUT2D eigenvalue weighted by atomic mass is 32.2. The van der Waals surface area contributed by atoms with E-state index in [0.29, 0.717) is 84.9 Å². The Morgan fingerprint density at radius 2 is 0.903 bits per heavy atom. The molecule has 0 radical (unpaired) electrons. The predicted molar refractivity (Wildman–Crippen MR) is 223 cm³/mol. The maximum atomic E-state index is 13.0. The fourth-order valence-electron chi connectivity index (χ4n) is 7.17. The third kappa shape index (κ3) is 8.66. The van der Waals surface area contributed by atoms with Gasteiger partial charge >= 0.3 is 23.5 Å². The van der Waals surface area contributed by atoms with Gasteiger partial charge in [-0.3, -0.25) is 9.97 Å². The van der Waals surface area contributed by atoms with Gasteiger partial charge < -0.3 is 27.7 Å². The second-order valence-corrected chi connectivity index (χ2v) is 18.3. The molecule has 4 aromatic carbocycles. The smallest absolute Gasteiger partial charge is 0.408 e. The minimum absolute atomic E-state index is 0.105. The number of fused-ring (bicyclic) bond motifs is 2. The summed E-state index contributed by atoms with van der Waals surface area (Å²) in [5.74, 6) is -0.0778. The average molecular weight is 883 g/mol. The number of sulfonamides is 2. The van der Waals surface area contributed by atoms with Gasteiger partial charge in [0.15, 0.2) is 22.8 Å². The Balaban J connectivity index is 0.000000158. The summed E-state index contributed by atoms with van der Waals surface area (Å²) in [6, 6.07) is 29.1. The van der Waals surface area contributed by atoms with E-state index in [4.69, 9.17) is 17.9 Å². The molecular weight excluding hydrogens is 845 g/mol. The Labute approximate surface area is 352 Å². The first-order valence-electron chi connectivity index (χ1n) is 19.5. The molecule has 0 unspecified atom stereocenters. The van der Waals surface area contributed by atoms with Crippen LogP contribution in [0, 0.1) is 0 Å². The number of aromatic amines is 2. The first kappa shape index (κ1) is 40.5. The average Bonchev–Trinajstić information content (AvgIpc) is 4.11. The maximum Gasteiger partial charge on any atom is 0.417 e. The number of piperazine rings is 2. The highest BCUT2D eigenvalue weighted by Gasteiger charge is 2.32. The molecule has 20 nitrogen and oxygen atoms in total. The maximum absolute atomic E-state index is 13.0. The summed E-state index contributed by atoms with van der Waals surface area (Å²) in [6.07, 6.45) is 1.13. The van der Waals surface area contributed by atoms with E-state index in [0.717, 1.165) is 11.1 Å². The first-order chi connectivity index (χ1) is 30.0. The van der Waals surface area contributed by atoms with Gasteiger partial charge in [-0.15, -0.1) is 0 Å². The standard InChI is InChI=1S/2C20H19N5O5S/c2*26-20-21-16-13-15(6-7-17(16)29-20)31(27,28)25-10-8-24(9-11-25)19-22-18(23-30-19)12-14-4-2-1-3-5-14/h2*1-7,13H,8-12H2,(H,21,26). The summed E-state index contributed by atoms with van der Waals surface area (Å²) in [7, 11) is -7.42. The van der Waals surface area contributed by atoms with Crippen molar-refractivity contribution in [3.05, 3.63) is 141 Å². The Kier molecular flexibility index (Phi) is 11.0. The van der Waals surface area contributed by atoms with Crippen LogP contribution in [0.2, 0.25) is 0 Å². The summed E-state index contributed by atoms with van der Waals surface area (Å²) in [5, 5.41) is 8.07. The van der Waals surface area contributed by atoms with E-state index < -0.39 is 31.6 Å². The predicted octanol–water partition coefficient (Wildman–Crippen LogP) is 3.21. The highest BCUT2D eigenvalue weighted by Crippen LogP contribution is 2.25. The van der Waals surface area contributed by atoms with Crippen molar-refractivity contribution >= 4 is 54.3 Å². The monoisotopic (exact) mass is 882 g/mol. The number of oxazole rings is 2. The zero-order chi connectivity index (χ0) is 42.8. The minimum atomic E-state index is -3.71. The molecular formula is C40H38N10O10S2. The normalized spacial score (nSPS) is 15.5. The first-order valence-corrected chi connectivity index (χ1v) is 22.3. The molecule has 6 heterocycles. The molecule has 22 heteroatoms. The molecule has 0 amide bonds. The van der Waals surface area contributed by atoms with Crippen molar-refractivity contribution < 1.29 is 34.7 Å². The summed E-state index contributed by atoms with van der Waals surface area (Å²) >= 11 is 0. The van der Waals surface area contributed by atoms with Gasteiger partial charge in [0.25, 0.3) is 0 Å². The molecule has 0 bridgehead atoms. The number of rotatable bonds is 10. The quantitative estimate of drug-likeness (QED) is 0.200. The van der Waals surface area contributed by atoms with Crippen LogP contribution in [-0.4, -0.2) is 108 Å². The summed E-state index contributed by atoms with van der Waals surface area (Å²) in [5.41, 5.74) is 3.50. The van der Waals surface area contributed by atoms with Crippen LogP contribution < -0.4 is 21.3 Å². The lowest BCUT2D eigenvalue weighted by Gasteiger charge is -2.32. The summed E-state index contributed by atoms with van der Waals surface area (Å²) in [4.78, 5) is 40.5. The highest BCUT2D eigenvalue weighted by molar-refractivity contribution is 7.89. The lowest BCUT2D eigenvalue weighted by atomic mass is 10.1.